The Bertz CT molecular complexity index is 560. The summed E-state index contributed by atoms with van der Waals surface area (Å²) in [4.78, 5) is 4.18. The summed E-state index contributed by atoms with van der Waals surface area (Å²) in [5.41, 5.74) is 3.22. The van der Waals surface area contributed by atoms with Gasteiger partial charge in [0.2, 0.25) is 0 Å². The second kappa shape index (κ2) is 4.94. The van der Waals surface area contributed by atoms with E-state index in [1.807, 2.05) is 13.1 Å². The minimum atomic E-state index is 0.124. The van der Waals surface area contributed by atoms with Gasteiger partial charge in [-0.15, -0.1) is 0 Å². The summed E-state index contributed by atoms with van der Waals surface area (Å²) in [6, 6.07) is 6.34. The van der Waals surface area contributed by atoms with Crippen LogP contribution in [0.25, 0.3) is 11.1 Å². The molecule has 1 aliphatic heterocycles. The van der Waals surface area contributed by atoms with E-state index in [9.17, 15) is 0 Å². The van der Waals surface area contributed by atoms with E-state index in [0.29, 0.717) is 5.92 Å². The average Bonchev–Trinajstić information content (AvgIpc) is 2.84. The Balaban J connectivity index is 2.00. The summed E-state index contributed by atoms with van der Waals surface area (Å²) in [6.07, 6.45) is 2.64. The molecule has 3 rings (SSSR count). The minimum absolute atomic E-state index is 0.124. The molecule has 1 aromatic heterocycles. The Hall–Kier alpha value is -1.39. The molecule has 102 valence electrons. The number of benzene rings is 1. The van der Waals surface area contributed by atoms with Crippen molar-refractivity contribution in [1.82, 2.24) is 10.3 Å². The molecule has 4 heteroatoms. The maximum atomic E-state index is 5.54. The molecule has 0 aliphatic carbocycles. The lowest BCUT2D eigenvalue weighted by Gasteiger charge is -2.47. The van der Waals surface area contributed by atoms with Crippen molar-refractivity contribution in [3.8, 4) is 0 Å². The number of hydrogen-bond donors (Lipinski definition) is 1. The van der Waals surface area contributed by atoms with Crippen molar-refractivity contribution in [2.45, 2.75) is 18.8 Å². The molecule has 4 nitrogen and oxygen atoms in total. The number of rotatable bonds is 5. The summed E-state index contributed by atoms with van der Waals surface area (Å²) < 4.78 is 11.0. The van der Waals surface area contributed by atoms with Crippen LogP contribution in [0.2, 0.25) is 0 Å². The van der Waals surface area contributed by atoms with E-state index in [1.165, 1.54) is 12.0 Å². The van der Waals surface area contributed by atoms with Crippen LogP contribution in [0.3, 0.4) is 0 Å². The highest BCUT2D eigenvalue weighted by atomic mass is 16.5. The van der Waals surface area contributed by atoms with E-state index in [0.717, 1.165) is 37.3 Å². The van der Waals surface area contributed by atoms with Crippen molar-refractivity contribution in [2.75, 3.05) is 26.8 Å². The minimum Gasteiger partial charge on any atom is -0.443 e. The van der Waals surface area contributed by atoms with Crippen molar-refractivity contribution in [1.29, 1.82) is 0 Å². The summed E-state index contributed by atoms with van der Waals surface area (Å²) in [7, 11) is 2.01. The van der Waals surface area contributed by atoms with Crippen LogP contribution in [-0.2, 0) is 10.2 Å². The maximum absolute atomic E-state index is 5.54. The summed E-state index contributed by atoms with van der Waals surface area (Å²) in [6.45, 7) is 4.85. The molecule has 2 heterocycles. The van der Waals surface area contributed by atoms with Crippen LogP contribution >= 0.6 is 0 Å². The molecule has 1 aromatic carbocycles. The summed E-state index contributed by atoms with van der Waals surface area (Å²) >= 11 is 0. The zero-order chi connectivity index (χ0) is 13.3. The van der Waals surface area contributed by atoms with E-state index < -0.39 is 0 Å². The maximum Gasteiger partial charge on any atom is 0.181 e. The van der Waals surface area contributed by atoms with Gasteiger partial charge in [0.05, 0.1) is 13.2 Å². The van der Waals surface area contributed by atoms with Gasteiger partial charge < -0.3 is 14.5 Å². The number of nitrogens with one attached hydrogen (secondary N) is 1. The van der Waals surface area contributed by atoms with Gasteiger partial charge in [-0.2, -0.15) is 0 Å². The predicted molar refractivity (Wildman–Crippen MR) is 74.2 cm³/mol. The molecule has 1 atom stereocenters. The Morgan fingerprint density at radius 3 is 2.89 bits per heavy atom. The fraction of sp³-hybridized carbons (Fsp3) is 0.533. The van der Waals surface area contributed by atoms with Crippen molar-refractivity contribution < 1.29 is 9.15 Å². The van der Waals surface area contributed by atoms with Crippen molar-refractivity contribution in [2.24, 2.45) is 5.92 Å². The van der Waals surface area contributed by atoms with Gasteiger partial charge in [0, 0.05) is 5.41 Å². The first-order valence-corrected chi connectivity index (χ1v) is 6.86. The summed E-state index contributed by atoms with van der Waals surface area (Å²) in [5, 5.41) is 3.30. The van der Waals surface area contributed by atoms with Gasteiger partial charge >= 0.3 is 0 Å². The second-order valence-electron chi connectivity index (χ2n) is 5.35. The van der Waals surface area contributed by atoms with Crippen LogP contribution < -0.4 is 5.32 Å². The van der Waals surface area contributed by atoms with Crippen LogP contribution in [0.4, 0.5) is 0 Å². The number of aromatic nitrogens is 1. The van der Waals surface area contributed by atoms with Crippen molar-refractivity contribution in [3.63, 3.8) is 0 Å². The fourth-order valence-electron chi connectivity index (χ4n) is 3.10. The zero-order valence-electron chi connectivity index (χ0n) is 11.5. The van der Waals surface area contributed by atoms with E-state index in [2.05, 4.69) is 29.4 Å². The number of nitrogens with zero attached hydrogens (tertiary/aromatic N) is 1. The highest BCUT2D eigenvalue weighted by Crippen LogP contribution is 2.41. The molecular weight excluding hydrogens is 240 g/mol. The van der Waals surface area contributed by atoms with Crippen LogP contribution in [0.5, 0.6) is 0 Å². The third kappa shape index (κ3) is 1.95. The Kier molecular flexibility index (Phi) is 3.29. The van der Waals surface area contributed by atoms with Gasteiger partial charge in [0.1, 0.15) is 5.52 Å². The lowest BCUT2D eigenvalue weighted by molar-refractivity contribution is -0.0909. The van der Waals surface area contributed by atoms with Gasteiger partial charge in [-0.1, -0.05) is 19.4 Å². The molecule has 1 aliphatic rings. The van der Waals surface area contributed by atoms with E-state index in [4.69, 9.17) is 9.15 Å². The molecule has 0 saturated carbocycles. The predicted octanol–water partition coefficient (Wildman–Crippen LogP) is 2.34. The zero-order valence-corrected chi connectivity index (χ0v) is 11.5. The number of hydrogen-bond acceptors (Lipinski definition) is 4. The molecular formula is C15H20N2O2. The molecule has 2 aromatic rings. The molecule has 1 unspecified atom stereocenters. The molecule has 0 bridgehead atoms. The van der Waals surface area contributed by atoms with Crippen LogP contribution in [0.1, 0.15) is 18.9 Å². The van der Waals surface area contributed by atoms with Gasteiger partial charge in [0.15, 0.2) is 12.0 Å². The monoisotopic (exact) mass is 260 g/mol. The molecule has 0 amide bonds. The van der Waals surface area contributed by atoms with Crippen molar-refractivity contribution >= 4 is 11.1 Å². The average molecular weight is 260 g/mol. The quantitative estimate of drug-likeness (QED) is 0.896. The number of ether oxygens (including phenoxy) is 1. The van der Waals surface area contributed by atoms with Gasteiger partial charge in [-0.3, -0.25) is 0 Å². The van der Waals surface area contributed by atoms with Gasteiger partial charge in [0.25, 0.3) is 0 Å². The smallest absolute Gasteiger partial charge is 0.181 e. The highest BCUT2D eigenvalue weighted by molar-refractivity contribution is 5.73. The van der Waals surface area contributed by atoms with Crippen LogP contribution in [0.15, 0.2) is 29.0 Å². The third-order valence-electron chi connectivity index (χ3n) is 4.35. The molecule has 19 heavy (non-hydrogen) atoms. The fourth-order valence-corrected chi connectivity index (χ4v) is 3.10. The molecule has 0 radical (unpaired) electrons. The first-order chi connectivity index (χ1) is 9.30. The third-order valence-corrected chi connectivity index (χ3v) is 4.35. The molecule has 1 saturated heterocycles. The number of fused-ring (bicyclic) bond motifs is 1. The van der Waals surface area contributed by atoms with Crippen LogP contribution in [-0.4, -0.2) is 31.8 Å². The highest BCUT2D eigenvalue weighted by Gasteiger charge is 2.46. The normalized spacial score (nSPS) is 19.3. The SMILES string of the molecule is CCC(CNC)C1(c2ccc3ncoc3c2)COC1. The Morgan fingerprint density at radius 2 is 2.26 bits per heavy atom. The van der Waals surface area contributed by atoms with Crippen molar-refractivity contribution in [3.05, 3.63) is 30.2 Å². The van der Waals surface area contributed by atoms with E-state index in [1.54, 1.807) is 0 Å². The Morgan fingerprint density at radius 1 is 1.42 bits per heavy atom. The molecule has 0 spiro atoms. The van der Waals surface area contributed by atoms with Gasteiger partial charge in [-0.05, 0) is 37.2 Å². The number of oxazole rings is 1. The van der Waals surface area contributed by atoms with E-state index in [-0.39, 0.29) is 5.41 Å². The summed E-state index contributed by atoms with van der Waals surface area (Å²) in [5.74, 6) is 0.576. The van der Waals surface area contributed by atoms with Gasteiger partial charge in [-0.25, -0.2) is 4.98 Å². The standard InChI is InChI=1S/C15H20N2O2/c1-3-11(7-16-2)15(8-18-9-15)12-4-5-13-14(6-12)19-10-17-13/h4-6,10-11,16H,3,7-9H2,1-2H3. The first kappa shape index (κ1) is 12.6. The Labute approximate surface area is 113 Å². The molecule has 1 fully saturated rings. The topological polar surface area (TPSA) is 47.3 Å². The lowest BCUT2D eigenvalue weighted by Crippen LogP contribution is -2.54. The molecule has 1 N–H and O–H groups in total. The lowest BCUT2D eigenvalue weighted by atomic mass is 9.67. The van der Waals surface area contributed by atoms with E-state index >= 15 is 0 Å². The first-order valence-electron chi connectivity index (χ1n) is 6.86. The van der Waals surface area contributed by atoms with Crippen LogP contribution in [0, 0.1) is 5.92 Å². The largest absolute Gasteiger partial charge is 0.443 e. The second-order valence-corrected chi connectivity index (χ2v) is 5.35.